The van der Waals surface area contributed by atoms with Gasteiger partial charge in [0.25, 0.3) is 5.56 Å². The van der Waals surface area contributed by atoms with Crippen LogP contribution in [0.15, 0.2) is 44.8 Å². The third-order valence-corrected chi connectivity index (χ3v) is 8.52. The van der Waals surface area contributed by atoms with Crippen LogP contribution in [-0.4, -0.2) is 78.5 Å². The van der Waals surface area contributed by atoms with Crippen molar-refractivity contribution in [3.8, 4) is 5.75 Å². The summed E-state index contributed by atoms with van der Waals surface area (Å²) < 4.78 is 35.8. The van der Waals surface area contributed by atoms with Crippen LogP contribution in [0.3, 0.4) is 0 Å². The minimum absolute atomic E-state index is 0.104. The highest BCUT2D eigenvalue weighted by molar-refractivity contribution is 7.89. The molecule has 1 fully saturated rings. The molecule has 218 valence electrons. The van der Waals surface area contributed by atoms with E-state index >= 15 is 0 Å². The summed E-state index contributed by atoms with van der Waals surface area (Å²) in [6, 6.07) is 7.34. The number of hydrogen-bond acceptors (Lipinski definition) is 8. The molecule has 1 saturated heterocycles. The van der Waals surface area contributed by atoms with Gasteiger partial charge in [0.05, 0.1) is 4.90 Å². The molecule has 0 bridgehead atoms. The minimum atomic E-state index is -3.55. The monoisotopic (exact) mass is 565 g/mol. The summed E-state index contributed by atoms with van der Waals surface area (Å²) in [6.07, 6.45) is -0.821. The van der Waals surface area contributed by atoms with Gasteiger partial charge in [-0.1, -0.05) is 6.92 Å². The van der Waals surface area contributed by atoms with Crippen molar-refractivity contribution in [3.05, 3.63) is 51.2 Å². The smallest absolute Gasteiger partial charge is 0.333 e. The van der Waals surface area contributed by atoms with Gasteiger partial charge in [-0.05, 0) is 65.8 Å². The van der Waals surface area contributed by atoms with E-state index in [1.165, 1.54) is 16.7 Å². The van der Waals surface area contributed by atoms with Crippen LogP contribution >= 0.6 is 0 Å². The van der Waals surface area contributed by atoms with E-state index in [2.05, 4.69) is 14.5 Å². The van der Waals surface area contributed by atoms with E-state index in [4.69, 9.17) is 4.74 Å². The first-order valence-corrected chi connectivity index (χ1v) is 15.0. The standard InChI is InChI=1S/C27H43N5O6S/c1-8-28-39(36,37)22-11-9-21(10-12-22)38-27(6,7)23(33)18-29-13-15-30(16-14-29)24-17-25(34)32(20(4)5)26(35)31(24)19(2)3/h9-12,17,19-20,23,28,33H,8,13-16,18H2,1-7H3. The summed E-state index contributed by atoms with van der Waals surface area (Å²) >= 11 is 0. The van der Waals surface area contributed by atoms with Crippen LogP contribution in [0.2, 0.25) is 0 Å². The van der Waals surface area contributed by atoms with E-state index in [1.54, 1.807) is 43.5 Å². The zero-order valence-electron chi connectivity index (χ0n) is 24.0. The van der Waals surface area contributed by atoms with E-state index in [-0.39, 0.29) is 28.2 Å². The summed E-state index contributed by atoms with van der Waals surface area (Å²) in [6.45, 7) is 16.0. The molecule has 0 amide bonds. The molecule has 0 saturated carbocycles. The minimum Gasteiger partial charge on any atom is -0.485 e. The average molecular weight is 566 g/mol. The second-order valence-corrected chi connectivity index (χ2v) is 12.8. The van der Waals surface area contributed by atoms with Crippen LogP contribution in [0.25, 0.3) is 0 Å². The number of ether oxygens (including phenoxy) is 1. The van der Waals surface area contributed by atoms with Crippen molar-refractivity contribution < 1.29 is 18.3 Å². The van der Waals surface area contributed by atoms with Gasteiger partial charge >= 0.3 is 5.69 Å². The topological polar surface area (TPSA) is 126 Å². The fourth-order valence-electron chi connectivity index (χ4n) is 4.72. The molecule has 0 aliphatic carbocycles. The van der Waals surface area contributed by atoms with Crippen molar-refractivity contribution in [2.24, 2.45) is 0 Å². The number of aliphatic hydroxyl groups excluding tert-OH is 1. The highest BCUT2D eigenvalue weighted by Gasteiger charge is 2.33. The Morgan fingerprint density at radius 2 is 1.54 bits per heavy atom. The third-order valence-electron chi connectivity index (χ3n) is 6.96. The van der Waals surface area contributed by atoms with Gasteiger partial charge in [-0.15, -0.1) is 0 Å². The molecule has 0 radical (unpaired) electrons. The number of benzene rings is 1. The number of sulfonamides is 1. The molecule has 0 spiro atoms. The van der Waals surface area contributed by atoms with Gasteiger partial charge in [0.2, 0.25) is 10.0 Å². The van der Waals surface area contributed by atoms with E-state index in [0.29, 0.717) is 50.8 Å². The SMILES string of the molecule is CCNS(=O)(=O)c1ccc(OC(C)(C)C(O)CN2CCN(c3cc(=O)n(C(C)C)c(=O)n3C(C)C)CC2)cc1. The second kappa shape index (κ2) is 12.2. The van der Waals surface area contributed by atoms with E-state index in [0.717, 1.165) is 0 Å². The number of rotatable bonds is 11. The molecule has 2 N–H and O–H groups in total. The first-order valence-electron chi connectivity index (χ1n) is 13.5. The van der Waals surface area contributed by atoms with E-state index < -0.39 is 21.7 Å². The maximum absolute atomic E-state index is 13.1. The number of aromatic nitrogens is 2. The van der Waals surface area contributed by atoms with Crippen LogP contribution < -0.4 is 25.6 Å². The average Bonchev–Trinajstić information content (AvgIpc) is 2.83. The first-order chi connectivity index (χ1) is 18.2. The maximum Gasteiger partial charge on any atom is 0.333 e. The van der Waals surface area contributed by atoms with Crippen LogP contribution in [0.1, 0.15) is 60.5 Å². The molecule has 12 heteroatoms. The number of nitrogens with one attached hydrogen (secondary N) is 1. The number of hydrogen-bond donors (Lipinski definition) is 2. The van der Waals surface area contributed by atoms with Crippen molar-refractivity contribution in [1.82, 2.24) is 18.8 Å². The predicted octanol–water partition coefficient (Wildman–Crippen LogP) is 1.81. The molecule has 1 aliphatic heterocycles. The molecular weight excluding hydrogens is 522 g/mol. The predicted molar refractivity (Wildman–Crippen MR) is 152 cm³/mol. The molecule has 1 unspecified atom stereocenters. The van der Waals surface area contributed by atoms with Gasteiger partial charge in [0, 0.05) is 57.4 Å². The Hall–Kier alpha value is -2.67. The molecule has 1 aromatic heterocycles. The van der Waals surface area contributed by atoms with Crippen LogP contribution in [0, 0.1) is 0 Å². The summed E-state index contributed by atoms with van der Waals surface area (Å²) in [5, 5.41) is 11.0. The highest BCUT2D eigenvalue weighted by atomic mass is 32.2. The van der Waals surface area contributed by atoms with Gasteiger partial charge in [0.1, 0.15) is 23.3 Å². The maximum atomic E-state index is 13.1. The van der Waals surface area contributed by atoms with Crippen molar-refractivity contribution in [1.29, 1.82) is 0 Å². The van der Waals surface area contributed by atoms with Crippen LogP contribution in [-0.2, 0) is 10.0 Å². The second-order valence-electron chi connectivity index (χ2n) is 11.0. The van der Waals surface area contributed by atoms with Crippen LogP contribution in [0.5, 0.6) is 5.75 Å². The molecule has 39 heavy (non-hydrogen) atoms. The fourth-order valence-corrected chi connectivity index (χ4v) is 5.76. The Morgan fingerprint density at radius 1 is 0.974 bits per heavy atom. The quantitative estimate of drug-likeness (QED) is 0.423. The lowest BCUT2D eigenvalue weighted by atomic mass is 10.0. The lowest BCUT2D eigenvalue weighted by Crippen LogP contribution is -2.54. The fraction of sp³-hybridized carbons (Fsp3) is 0.630. The molecule has 11 nitrogen and oxygen atoms in total. The van der Waals surface area contributed by atoms with Crippen molar-refractivity contribution >= 4 is 15.8 Å². The molecule has 2 heterocycles. The Labute approximate surface area is 231 Å². The zero-order valence-corrected chi connectivity index (χ0v) is 24.9. The van der Waals surface area contributed by atoms with Gasteiger partial charge < -0.3 is 14.7 Å². The summed E-state index contributed by atoms with van der Waals surface area (Å²) in [5.74, 6) is 1.09. The van der Waals surface area contributed by atoms with Crippen molar-refractivity contribution in [3.63, 3.8) is 0 Å². The summed E-state index contributed by atoms with van der Waals surface area (Å²) in [7, 11) is -3.55. The number of β-amino-alcohol motifs (C(OH)–C–C–N with tert-alkyl or cyclic N) is 1. The first kappa shape index (κ1) is 30.9. The van der Waals surface area contributed by atoms with Crippen LogP contribution in [0.4, 0.5) is 5.82 Å². The Bertz CT molecular complexity index is 1340. The van der Waals surface area contributed by atoms with Gasteiger partial charge in [0.15, 0.2) is 0 Å². The lowest BCUT2D eigenvalue weighted by molar-refractivity contribution is -0.0450. The molecule has 2 aromatic rings. The molecular formula is C27H43N5O6S. The third kappa shape index (κ3) is 7.10. The van der Waals surface area contributed by atoms with E-state index in [9.17, 15) is 23.1 Å². The largest absolute Gasteiger partial charge is 0.485 e. The molecule has 3 rings (SSSR count). The molecule has 1 atom stereocenters. The highest BCUT2D eigenvalue weighted by Crippen LogP contribution is 2.24. The number of nitrogens with zero attached hydrogens (tertiary/aromatic N) is 4. The Kier molecular flexibility index (Phi) is 9.69. The van der Waals surface area contributed by atoms with Crippen molar-refractivity contribution in [2.75, 3.05) is 44.2 Å². The normalized spacial score (nSPS) is 16.2. The Morgan fingerprint density at radius 3 is 2.05 bits per heavy atom. The summed E-state index contributed by atoms with van der Waals surface area (Å²) in [5.41, 5.74) is -1.53. The summed E-state index contributed by atoms with van der Waals surface area (Å²) in [4.78, 5) is 30.2. The Balaban J connectivity index is 1.65. The van der Waals surface area contributed by atoms with Gasteiger partial charge in [-0.25, -0.2) is 17.9 Å². The van der Waals surface area contributed by atoms with Gasteiger partial charge in [-0.2, -0.15) is 0 Å². The van der Waals surface area contributed by atoms with Crippen molar-refractivity contribution in [2.45, 2.75) is 77.2 Å². The number of aliphatic hydroxyl groups is 1. The van der Waals surface area contributed by atoms with Gasteiger partial charge in [-0.3, -0.25) is 18.8 Å². The lowest BCUT2D eigenvalue weighted by Gasteiger charge is -2.40. The molecule has 1 aromatic carbocycles. The number of piperazine rings is 1. The number of anilines is 1. The van der Waals surface area contributed by atoms with E-state index in [1.807, 2.05) is 27.7 Å². The zero-order chi connectivity index (χ0) is 29.1. The molecule has 1 aliphatic rings.